The van der Waals surface area contributed by atoms with Crippen molar-refractivity contribution in [1.82, 2.24) is 0 Å². The van der Waals surface area contributed by atoms with Crippen LogP contribution < -0.4 is 14.2 Å². The second kappa shape index (κ2) is 9.08. The number of rotatable bonds is 7. The van der Waals surface area contributed by atoms with E-state index in [1.807, 2.05) is 19.1 Å². The predicted molar refractivity (Wildman–Crippen MR) is 114 cm³/mol. The first-order valence-corrected chi connectivity index (χ1v) is 11.6. The molecule has 0 radical (unpaired) electrons. The topological polar surface area (TPSA) is 61.8 Å². The number of hydrogen-bond acceptors (Lipinski definition) is 5. The molecule has 29 heavy (non-hydrogen) atoms. The van der Waals surface area contributed by atoms with Gasteiger partial charge in [0.15, 0.2) is 21.3 Å². The first kappa shape index (κ1) is 21.5. The van der Waals surface area contributed by atoms with Crippen LogP contribution in [0.15, 0.2) is 41.3 Å². The molecule has 158 valence electrons. The minimum Gasteiger partial charge on any atom is -0.496 e. The maximum Gasteiger partial charge on any atom is 0.185 e. The van der Waals surface area contributed by atoms with Crippen LogP contribution in [-0.4, -0.2) is 29.7 Å². The van der Waals surface area contributed by atoms with Crippen molar-refractivity contribution in [3.05, 3.63) is 47.5 Å². The fourth-order valence-electron chi connectivity index (χ4n) is 4.26. The van der Waals surface area contributed by atoms with Gasteiger partial charge in [0.2, 0.25) is 0 Å². The number of methoxy groups -OCH3 is 3. The van der Waals surface area contributed by atoms with Gasteiger partial charge in [-0.25, -0.2) is 8.42 Å². The highest BCUT2D eigenvalue weighted by Gasteiger charge is 2.39. The van der Waals surface area contributed by atoms with Crippen molar-refractivity contribution < 1.29 is 22.6 Å². The van der Waals surface area contributed by atoms with Crippen LogP contribution in [0.5, 0.6) is 17.2 Å². The SMILES string of the molecule is COc1cc(OC)c(C(C2CCCCC2)S(=O)(=O)c2ccc(C)cc2)cc1OC. The summed E-state index contributed by atoms with van der Waals surface area (Å²) in [6.45, 7) is 1.95. The minimum atomic E-state index is -3.62. The lowest BCUT2D eigenvalue weighted by atomic mass is 9.84. The molecule has 1 aliphatic rings. The summed E-state index contributed by atoms with van der Waals surface area (Å²) >= 11 is 0. The quantitative estimate of drug-likeness (QED) is 0.625. The van der Waals surface area contributed by atoms with Crippen LogP contribution in [0.25, 0.3) is 0 Å². The predicted octanol–water partition coefficient (Wildman–Crippen LogP) is 5.12. The highest BCUT2D eigenvalue weighted by atomic mass is 32.2. The highest BCUT2D eigenvalue weighted by Crippen LogP contribution is 2.48. The van der Waals surface area contributed by atoms with Crippen LogP contribution in [0.2, 0.25) is 0 Å². The van der Waals surface area contributed by atoms with Gasteiger partial charge >= 0.3 is 0 Å². The van der Waals surface area contributed by atoms with E-state index in [-0.39, 0.29) is 5.92 Å². The summed E-state index contributed by atoms with van der Waals surface area (Å²) in [6.07, 6.45) is 5.00. The monoisotopic (exact) mass is 418 g/mol. The lowest BCUT2D eigenvalue weighted by Crippen LogP contribution is -2.25. The van der Waals surface area contributed by atoms with Crippen LogP contribution in [0.1, 0.15) is 48.5 Å². The molecule has 5 nitrogen and oxygen atoms in total. The molecule has 0 saturated heterocycles. The maximum atomic E-state index is 13.8. The summed E-state index contributed by atoms with van der Waals surface area (Å²) in [5, 5.41) is -0.694. The lowest BCUT2D eigenvalue weighted by Gasteiger charge is -2.31. The highest BCUT2D eigenvalue weighted by molar-refractivity contribution is 7.91. The van der Waals surface area contributed by atoms with Gasteiger partial charge in [-0.1, -0.05) is 37.0 Å². The van der Waals surface area contributed by atoms with E-state index in [2.05, 4.69) is 0 Å². The summed E-state index contributed by atoms with van der Waals surface area (Å²) in [5.41, 5.74) is 1.67. The molecule has 0 amide bonds. The third kappa shape index (κ3) is 4.37. The third-order valence-electron chi connectivity index (χ3n) is 5.80. The first-order chi connectivity index (χ1) is 13.9. The van der Waals surface area contributed by atoms with E-state index in [9.17, 15) is 8.42 Å². The zero-order valence-electron chi connectivity index (χ0n) is 17.6. The molecule has 2 aromatic carbocycles. The number of hydrogen-bond donors (Lipinski definition) is 0. The van der Waals surface area contributed by atoms with Gasteiger partial charge in [0.1, 0.15) is 5.75 Å². The van der Waals surface area contributed by atoms with E-state index in [0.717, 1.165) is 37.7 Å². The Labute approximate surface area is 173 Å². The molecule has 0 spiro atoms. The Balaban J connectivity index is 2.20. The standard InChI is InChI=1S/C23H30O5S/c1-16-10-12-18(13-11-16)29(24,25)23(17-8-6-5-7-9-17)19-14-21(27-3)22(28-4)15-20(19)26-2/h10-15,17,23H,5-9H2,1-4H3. The molecule has 1 atom stereocenters. The van der Waals surface area contributed by atoms with E-state index in [4.69, 9.17) is 14.2 Å². The Bertz CT molecular complexity index is 928. The Morgan fingerprint density at radius 3 is 1.93 bits per heavy atom. The summed E-state index contributed by atoms with van der Waals surface area (Å²) < 4.78 is 44.1. The lowest BCUT2D eigenvalue weighted by molar-refractivity contribution is 0.327. The normalized spacial score (nSPS) is 16.3. The molecule has 0 aromatic heterocycles. The molecule has 0 heterocycles. The first-order valence-electron chi connectivity index (χ1n) is 10.0. The van der Waals surface area contributed by atoms with Gasteiger partial charge in [-0.3, -0.25) is 0 Å². The summed E-state index contributed by atoms with van der Waals surface area (Å²) in [5.74, 6) is 1.56. The number of benzene rings is 2. The number of aryl methyl sites for hydroxylation is 1. The zero-order chi connectivity index (χ0) is 21.0. The molecule has 1 unspecified atom stereocenters. The van der Waals surface area contributed by atoms with Crippen molar-refractivity contribution in [2.75, 3.05) is 21.3 Å². The van der Waals surface area contributed by atoms with Crippen molar-refractivity contribution in [1.29, 1.82) is 0 Å². The molecule has 3 rings (SSSR count). The van der Waals surface area contributed by atoms with Crippen molar-refractivity contribution in [2.24, 2.45) is 5.92 Å². The Morgan fingerprint density at radius 2 is 1.38 bits per heavy atom. The molecular formula is C23H30O5S. The van der Waals surface area contributed by atoms with Gasteiger partial charge in [-0.15, -0.1) is 0 Å². The van der Waals surface area contributed by atoms with Gasteiger partial charge in [0.05, 0.1) is 31.5 Å². The van der Waals surface area contributed by atoms with Crippen LogP contribution in [0, 0.1) is 12.8 Å². The van der Waals surface area contributed by atoms with Crippen molar-refractivity contribution in [2.45, 2.75) is 49.2 Å². The van der Waals surface area contributed by atoms with Gasteiger partial charge in [-0.05, 0) is 43.9 Å². The van der Waals surface area contributed by atoms with E-state index in [1.165, 1.54) is 0 Å². The molecule has 0 aliphatic heterocycles. The van der Waals surface area contributed by atoms with E-state index < -0.39 is 15.1 Å². The Hall–Kier alpha value is -2.21. The smallest absolute Gasteiger partial charge is 0.185 e. The average molecular weight is 419 g/mol. The van der Waals surface area contributed by atoms with Gasteiger partial charge < -0.3 is 14.2 Å². The zero-order valence-corrected chi connectivity index (χ0v) is 18.4. The van der Waals surface area contributed by atoms with E-state index in [0.29, 0.717) is 27.7 Å². The largest absolute Gasteiger partial charge is 0.496 e. The molecule has 1 saturated carbocycles. The number of ether oxygens (including phenoxy) is 3. The van der Waals surface area contributed by atoms with Gasteiger partial charge in [-0.2, -0.15) is 0 Å². The Morgan fingerprint density at radius 1 is 0.828 bits per heavy atom. The van der Waals surface area contributed by atoms with Crippen molar-refractivity contribution in [3.63, 3.8) is 0 Å². The second-order valence-electron chi connectivity index (χ2n) is 7.63. The molecule has 1 fully saturated rings. The Kier molecular flexibility index (Phi) is 6.73. The van der Waals surface area contributed by atoms with Crippen LogP contribution in [-0.2, 0) is 9.84 Å². The minimum absolute atomic E-state index is 0.0297. The maximum absolute atomic E-state index is 13.8. The molecule has 6 heteroatoms. The summed E-state index contributed by atoms with van der Waals surface area (Å²) in [7, 11) is 1.04. The molecule has 0 N–H and O–H groups in total. The molecule has 0 bridgehead atoms. The van der Waals surface area contributed by atoms with E-state index in [1.54, 1.807) is 45.6 Å². The molecule has 2 aromatic rings. The van der Waals surface area contributed by atoms with Gasteiger partial charge in [0, 0.05) is 11.6 Å². The molecule has 1 aliphatic carbocycles. The third-order valence-corrected chi connectivity index (χ3v) is 8.04. The van der Waals surface area contributed by atoms with Crippen LogP contribution in [0.3, 0.4) is 0 Å². The van der Waals surface area contributed by atoms with E-state index >= 15 is 0 Å². The van der Waals surface area contributed by atoms with Crippen molar-refractivity contribution in [3.8, 4) is 17.2 Å². The van der Waals surface area contributed by atoms with Crippen molar-refractivity contribution >= 4 is 9.84 Å². The molecular weight excluding hydrogens is 388 g/mol. The van der Waals surface area contributed by atoms with Crippen LogP contribution >= 0.6 is 0 Å². The van der Waals surface area contributed by atoms with Gasteiger partial charge in [0.25, 0.3) is 0 Å². The summed E-state index contributed by atoms with van der Waals surface area (Å²) in [6, 6.07) is 10.6. The summed E-state index contributed by atoms with van der Waals surface area (Å²) in [4.78, 5) is 0.343. The average Bonchev–Trinajstić information content (AvgIpc) is 2.74. The van der Waals surface area contributed by atoms with Crippen LogP contribution in [0.4, 0.5) is 0 Å². The second-order valence-corrected chi connectivity index (χ2v) is 9.70. The fourth-order valence-corrected chi connectivity index (χ4v) is 6.37. The fraction of sp³-hybridized carbons (Fsp3) is 0.478. The number of sulfone groups is 1.